The van der Waals surface area contributed by atoms with Crippen LogP contribution in [0.1, 0.15) is 24.1 Å². The largest absolute Gasteiger partial charge is 0.494 e. The fourth-order valence-corrected chi connectivity index (χ4v) is 2.71. The molecule has 1 amide bonds. The first-order chi connectivity index (χ1) is 12.1. The second-order valence-electron chi connectivity index (χ2n) is 5.84. The zero-order valence-electron chi connectivity index (χ0n) is 14.2. The van der Waals surface area contributed by atoms with Gasteiger partial charge in [-0.3, -0.25) is 4.79 Å². The van der Waals surface area contributed by atoms with Gasteiger partial charge in [-0.05, 0) is 42.3 Å². The smallest absolute Gasteiger partial charge is 0.224 e. The molecule has 0 bridgehead atoms. The molecule has 0 saturated heterocycles. The van der Waals surface area contributed by atoms with Crippen molar-refractivity contribution in [2.75, 3.05) is 20.3 Å². The third-order valence-corrected chi connectivity index (χ3v) is 4.02. The third-order valence-electron chi connectivity index (χ3n) is 4.02. The number of rotatable bonds is 5. The van der Waals surface area contributed by atoms with Gasteiger partial charge in [-0.15, -0.1) is 0 Å². The molecule has 0 aliphatic carbocycles. The Morgan fingerprint density at radius 2 is 1.96 bits per heavy atom. The van der Waals surface area contributed by atoms with Gasteiger partial charge in [-0.25, -0.2) is 4.39 Å². The molecule has 0 aromatic heterocycles. The Kier molecular flexibility index (Phi) is 5.07. The molecule has 0 fully saturated rings. The van der Waals surface area contributed by atoms with E-state index in [9.17, 15) is 9.18 Å². The average molecular weight is 345 g/mol. The van der Waals surface area contributed by atoms with Crippen molar-refractivity contribution < 1.29 is 23.4 Å². The maximum atomic E-state index is 13.7. The lowest BCUT2D eigenvalue weighted by molar-refractivity contribution is -0.121. The normalized spacial score (nSPS) is 13.9. The molecule has 2 aromatic rings. The van der Waals surface area contributed by atoms with Crippen molar-refractivity contribution in [3.05, 3.63) is 53.3 Å². The van der Waals surface area contributed by atoms with Gasteiger partial charge in [0.05, 0.1) is 19.6 Å². The van der Waals surface area contributed by atoms with Crippen molar-refractivity contribution in [1.29, 1.82) is 0 Å². The highest BCUT2D eigenvalue weighted by Crippen LogP contribution is 2.32. The van der Waals surface area contributed by atoms with Crippen LogP contribution in [0.3, 0.4) is 0 Å². The number of methoxy groups -OCH3 is 1. The summed E-state index contributed by atoms with van der Waals surface area (Å²) in [5, 5.41) is 2.91. The Morgan fingerprint density at radius 1 is 1.20 bits per heavy atom. The number of carbonyl (C=O) groups is 1. The lowest BCUT2D eigenvalue weighted by Crippen LogP contribution is -2.28. The molecule has 5 nitrogen and oxygen atoms in total. The highest BCUT2D eigenvalue weighted by molar-refractivity contribution is 5.79. The van der Waals surface area contributed by atoms with Gasteiger partial charge in [-0.2, -0.15) is 0 Å². The monoisotopic (exact) mass is 345 g/mol. The van der Waals surface area contributed by atoms with Crippen LogP contribution in [0, 0.1) is 5.82 Å². The van der Waals surface area contributed by atoms with Crippen LogP contribution in [-0.4, -0.2) is 26.2 Å². The van der Waals surface area contributed by atoms with Crippen molar-refractivity contribution in [3.8, 4) is 17.2 Å². The average Bonchev–Trinajstić information content (AvgIpc) is 2.61. The molecule has 1 aliphatic heterocycles. The number of carbonyl (C=O) groups excluding carboxylic acids is 1. The molecular formula is C19H20FNO4. The van der Waals surface area contributed by atoms with Gasteiger partial charge in [0.15, 0.2) is 23.1 Å². The summed E-state index contributed by atoms with van der Waals surface area (Å²) in [5.74, 6) is 0.887. The molecule has 1 heterocycles. The number of amides is 1. The van der Waals surface area contributed by atoms with Gasteiger partial charge < -0.3 is 19.5 Å². The third kappa shape index (κ3) is 4.02. The molecule has 1 aliphatic rings. The van der Waals surface area contributed by atoms with E-state index < -0.39 is 5.82 Å². The van der Waals surface area contributed by atoms with Crippen LogP contribution in [0.4, 0.5) is 4.39 Å². The van der Waals surface area contributed by atoms with Crippen molar-refractivity contribution in [3.63, 3.8) is 0 Å². The van der Waals surface area contributed by atoms with Gasteiger partial charge in [-0.1, -0.05) is 12.1 Å². The number of ether oxygens (including phenoxy) is 3. The topological polar surface area (TPSA) is 56.8 Å². The van der Waals surface area contributed by atoms with E-state index in [1.165, 1.54) is 19.2 Å². The predicted molar refractivity (Wildman–Crippen MR) is 90.6 cm³/mol. The minimum atomic E-state index is -0.479. The summed E-state index contributed by atoms with van der Waals surface area (Å²) < 4.78 is 29.6. The van der Waals surface area contributed by atoms with Crippen LogP contribution in [-0.2, 0) is 11.2 Å². The molecule has 0 spiro atoms. The molecule has 0 unspecified atom stereocenters. The van der Waals surface area contributed by atoms with E-state index >= 15 is 0 Å². The molecule has 1 atom stereocenters. The Labute approximate surface area is 145 Å². The molecule has 132 valence electrons. The zero-order chi connectivity index (χ0) is 17.8. The summed E-state index contributed by atoms with van der Waals surface area (Å²) in [7, 11) is 1.40. The summed E-state index contributed by atoms with van der Waals surface area (Å²) >= 11 is 0. The first-order valence-electron chi connectivity index (χ1n) is 8.08. The second kappa shape index (κ2) is 7.42. The van der Waals surface area contributed by atoms with Crippen molar-refractivity contribution in [1.82, 2.24) is 5.32 Å². The summed E-state index contributed by atoms with van der Waals surface area (Å²) in [5.41, 5.74) is 1.50. The van der Waals surface area contributed by atoms with E-state index in [0.717, 1.165) is 5.56 Å². The molecule has 6 heteroatoms. The number of benzene rings is 2. The number of nitrogens with one attached hydrogen (secondary N) is 1. The van der Waals surface area contributed by atoms with Crippen LogP contribution in [0.2, 0.25) is 0 Å². The number of halogens is 1. The van der Waals surface area contributed by atoms with Crippen LogP contribution in [0.5, 0.6) is 17.2 Å². The molecule has 2 aromatic carbocycles. The first kappa shape index (κ1) is 17.1. The highest BCUT2D eigenvalue weighted by Gasteiger charge is 2.16. The molecule has 0 radical (unpaired) electrons. The minimum Gasteiger partial charge on any atom is -0.494 e. The van der Waals surface area contributed by atoms with Gasteiger partial charge >= 0.3 is 0 Å². The lowest BCUT2D eigenvalue weighted by atomic mass is 10.1. The quantitative estimate of drug-likeness (QED) is 0.905. The van der Waals surface area contributed by atoms with E-state index in [4.69, 9.17) is 14.2 Å². The van der Waals surface area contributed by atoms with Crippen LogP contribution in [0.15, 0.2) is 36.4 Å². The van der Waals surface area contributed by atoms with Gasteiger partial charge in [0, 0.05) is 0 Å². The Balaban J connectivity index is 1.63. The van der Waals surface area contributed by atoms with Crippen LogP contribution < -0.4 is 19.5 Å². The highest BCUT2D eigenvalue weighted by atomic mass is 19.1. The summed E-state index contributed by atoms with van der Waals surface area (Å²) in [6.45, 7) is 2.94. The molecule has 3 rings (SSSR count). The maximum absolute atomic E-state index is 13.7. The predicted octanol–water partition coefficient (Wildman–Crippen LogP) is 3.03. The van der Waals surface area contributed by atoms with Gasteiger partial charge in [0.2, 0.25) is 5.91 Å². The Morgan fingerprint density at radius 3 is 2.68 bits per heavy atom. The Bertz CT molecular complexity index is 778. The molecule has 1 N–H and O–H groups in total. The summed E-state index contributed by atoms with van der Waals surface area (Å²) in [4.78, 5) is 12.2. The summed E-state index contributed by atoms with van der Waals surface area (Å²) in [6, 6.07) is 9.90. The van der Waals surface area contributed by atoms with Crippen LogP contribution >= 0.6 is 0 Å². The molecule has 0 saturated carbocycles. The number of fused-ring (bicyclic) bond motifs is 1. The van der Waals surface area contributed by atoms with Crippen LogP contribution in [0.25, 0.3) is 0 Å². The van der Waals surface area contributed by atoms with E-state index in [1.807, 2.05) is 25.1 Å². The number of hydrogen-bond donors (Lipinski definition) is 1. The standard InChI is InChI=1S/C19H20FNO4/c1-12(14-4-6-17-18(11-14)25-8-7-24-17)21-19(22)10-13-3-5-16(23-2)15(20)9-13/h3-6,9,11-12H,7-8,10H2,1-2H3,(H,21,22)/t12-/m0/s1. The van der Waals surface area contributed by atoms with E-state index in [1.54, 1.807) is 6.07 Å². The fourth-order valence-electron chi connectivity index (χ4n) is 2.71. The van der Waals surface area contributed by atoms with E-state index in [0.29, 0.717) is 30.3 Å². The van der Waals surface area contributed by atoms with Crippen molar-refractivity contribution in [2.45, 2.75) is 19.4 Å². The van der Waals surface area contributed by atoms with Gasteiger partial charge in [0.25, 0.3) is 0 Å². The lowest BCUT2D eigenvalue weighted by Gasteiger charge is -2.21. The van der Waals surface area contributed by atoms with Crippen molar-refractivity contribution >= 4 is 5.91 Å². The van der Waals surface area contributed by atoms with Gasteiger partial charge in [0.1, 0.15) is 13.2 Å². The molecular weight excluding hydrogens is 325 g/mol. The van der Waals surface area contributed by atoms with E-state index in [-0.39, 0.29) is 24.1 Å². The number of hydrogen-bond acceptors (Lipinski definition) is 4. The summed E-state index contributed by atoms with van der Waals surface area (Å²) in [6.07, 6.45) is 0.0931. The fraction of sp³-hybridized carbons (Fsp3) is 0.316. The molecule has 25 heavy (non-hydrogen) atoms. The Hall–Kier alpha value is -2.76. The van der Waals surface area contributed by atoms with E-state index in [2.05, 4.69) is 5.32 Å². The second-order valence-corrected chi connectivity index (χ2v) is 5.84. The SMILES string of the molecule is COc1ccc(CC(=O)N[C@@H](C)c2ccc3c(c2)OCCO3)cc1F. The van der Waals surface area contributed by atoms with Crippen molar-refractivity contribution in [2.24, 2.45) is 0 Å². The first-order valence-corrected chi connectivity index (χ1v) is 8.08. The zero-order valence-corrected chi connectivity index (χ0v) is 14.2. The maximum Gasteiger partial charge on any atom is 0.224 e. The minimum absolute atomic E-state index is 0.0931.